The number of hydrogen-bond donors (Lipinski definition) is 2. The molecule has 1 amide bonds. The van der Waals surface area contributed by atoms with Crippen molar-refractivity contribution in [2.24, 2.45) is 0 Å². The van der Waals surface area contributed by atoms with Crippen LogP contribution in [-0.2, 0) is 4.79 Å². The molecule has 0 aliphatic carbocycles. The molecule has 5 nitrogen and oxygen atoms in total. The van der Waals surface area contributed by atoms with Crippen LogP contribution in [-0.4, -0.2) is 60.9 Å². The van der Waals surface area contributed by atoms with Gasteiger partial charge >= 0.3 is 6.18 Å². The third-order valence-corrected chi connectivity index (χ3v) is 3.93. The molecule has 0 radical (unpaired) electrons. The van der Waals surface area contributed by atoms with Crippen LogP contribution in [0.3, 0.4) is 0 Å². The van der Waals surface area contributed by atoms with Crippen LogP contribution in [0.25, 0.3) is 0 Å². The Kier molecular flexibility index (Phi) is 5.35. The van der Waals surface area contributed by atoms with Crippen LogP contribution in [0.4, 0.5) is 18.9 Å². The van der Waals surface area contributed by atoms with Crippen molar-refractivity contribution in [1.82, 2.24) is 10.2 Å². The second kappa shape index (κ2) is 7.08. The lowest BCUT2D eigenvalue weighted by molar-refractivity contribution is -0.141. The molecule has 1 saturated heterocycles. The SMILES string of the molecule is C[C@@H](C(=O)NCC(F)(F)F)N1CCN(c2ccccc2O)CC1. The van der Waals surface area contributed by atoms with Crippen molar-refractivity contribution < 1.29 is 23.1 Å². The Hall–Kier alpha value is -1.96. The van der Waals surface area contributed by atoms with E-state index in [1.807, 2.05) is 27.2 Å². The highest BCUT2D eigenvalue weighted by Crippen LogP contribution is 2.27. The van der Waals surface area contributed by atoms with Crippen molar-refractivity contribution in [2.45, 2.75) is 19.1 Å². The quantitative estimate of drug-likeness (QED) is 0.880. The van der Waals surface area contributed by atoms with Crippen LogP contribution in [0.15, 0.2) is 24.3 Å². The van der Waals surface area contributed by atoms with Gasteiger partial charge < -0.3 is 15.3 Å². The van der Waals surface area contributed by atoms with Crippen LogP contribution >= 0.6 is 0 Å². The zero-order valence-corrected chi connectivity index (χ0v) is 12.8. The molecule has 1 aromatic carbocycles. The lowest BCUT2D eigenvalue weighted by Crippen LogP contribution is -2.54. The van der Waals surface area contributed by atoms with Gasteiger partial charge in [-0.2, -0.15) is 13.2 Å². The number of hydrogen-bond acceptors (Lipinski definition) is 4. The minimum absolute atomic E-state index is 0.192. The van der Waals surface area contributed by atoms with Gasteiger partial charge in [0, 0.05) is 26.2 Å². The number of carbonyl (C=O) groups is 1. The van der Waals surface area contributed by atoms with Crippen molar-refractivity contribution in [3.63, 3.8) is 0 Å². The third-order valence-electron chi connectivity index (χ3n) is 3.93. The lowest BCUT2D eigenvalue weighted by atomic mass is 10.2. The topological polar surface area (TPSA) is 55.8 Å². The number of anilines is 1. The summed E-state index contributed by atoms with van der Waals surface area (Å²) in [5, 5.41) is 11.8. The molecule has 128 valence electrons. The predicted molar refractivity (Wildman–Crippen MR) is 80.4 cm³/mol. The van der Waals surface area contributed by atoms with E-state index in [1.165, 1.54) is 0 Å². The first-order chi connectivity index (χ1) is 10.8. The summed E-state index contributed by atoms with van der Waals surface area (Å²) in [6.45, 7) is 2.54. The largest absolute Gasteiger partial charge is 0.506 e. The van der Waals surface area contributed by atoms with E-state index in [0.717, 1.165) is 5.69 Å². The molecule has 0 spiro atoms. The Morgan fingerprint density at radius 1 is 1.26 bits per heavy atom. The standard InChI is InChI=1S/C15H20F3N3O2/c1-11(14(23)19-10-15(16,17)18)20-6-8-21(9-7-20)12-4-2-3-5-13(12)22/h2-5,11,22H,6-10H2,1H3,(H,19,23)/t11-/m0/s1. The van der Waals surface area contributed by atoms with Crippen molar-refractivity contribution in [3.8, 4) is 5.75 Å². The molecule has 1 atom stereocenters. The fraction of sp³-hybridized carbons (Fsp3) is 0.533. The van der Waals surface area contributed by atoms with Crippen molar-refractivity contribution in [1.29, 1.82) is 0 Å². The van der Waals surface area contributed by atoms with Crippen LogP contribution in [0.1, 0.15) is 6.92 Å². The Labute approximate surface area is 132 Å². The van der Waals surface area contributed by atoms with Crippen LogP contribution < -0.4 is 10.2 Å². The maximum absolute atomic E-state index is 12.1. The monoisotopic (exact) mass is 331 g/mol. The number of alkyl halides is 3. The van der Waals surface area contributed by atoms with E-state index in [-0.39, 0.29) is 5.75 Å². The van der Waals surface area contributed by atoms with E-state index in [2.05, 4.69) is 0 Å². The fourth-order valence-corrected chi connectivity index (χ4v) is 2.58. The highest BCUT2D eigenvalue weighted by Gasteiger charge is 2.31. The van der Waals surface area contributed by atoms with E-state index in [0.29, 0.717) is 26.2 Å². The summed E-state index contributed by atoms with van der Waals surface area (Å²) in [5.74, 6) is -0.435. The summed E-state index contributed by atoms with van der Waals surface area (Å²) >= 11 is 0. The molecule has 1 aromatic rings. The number of piperazine rings is 1. The normalized spacial score (nSPS) is 17.8. The van der Waals surface area contributed by atoms with Gasteiger partial charge in [-0.25, -0.2) is 0 Å². The van der Waals surface area contributed by atoms with Crippen LogP contribution in [0.5, 0.6) is 5.75 Å². The molecule has 1 aliphatic heterocycles. The molecule has 1 fully saturated rings. The number of para-hydroxylation sites is 2. The van der Waals surface area contributed by atoms with E-state index in [9.17, 15) is 23.1 Å². The Morgan fingerprint density at radius 2 is 1.87 bits per heavy atom. The maximum Gasteiger partial charge on any atom is 0.405 e. The average Bonchev–Trinajstić information content (AvgIpc) is 2.52. The number of nitrogens with one attached hydrogen (secondary N) is 1. The van der Waals surface area contributed by atoms with Gasteiger partial charge in [0.15, 0.2) is 0 Å². The van der Waals surface area contributed by atoms with E-state index < -0.39 is 24.7 Å². The second-order valence-electron chi connectivity index (χ2n) is 5.52. The minimum atomic E-state index is -4.40. The Bertz CT molecular complexity index is 543. The zero-order chi connectivity index (χ0) is 17.0. The van der Waals surface area contributed by atoms with Gasteiger partial charge in [0.05, 0.1) is 11.7 Å². The molecule has 0 aromatic heterocycles. The van der Waals surface area contributed by atoms with E-state index in [1.54, 1.807) is 19.1 Å². The molecule has 0 unspecified atom stereocenters. The van der Waals surface area contributed by atoms with E-state index in [4.69, 9.17) is 0 Å². The molecular formula is C15H20F3N3O2. The van der Waals surface area contributed by atoms with Crippen LogP contribution in [0.2, 0.25) is 0 Å². The fourth-order valence-electron chi connectivity index (χ4n) is 2.58. The molecule has 0 bridgehead atoms. The van der Waals surface area contributed by atoms with Crippen molar-refractivity contribution in [2.75, 3.05) is 37.6 Å². The molecule has 23 heavy (non-hydrogen) atoms. The van der Waals surface area contributed by atoms with Gasteiger partial charge in [-0.05, 0) is 19.1 Å². The number of aromatic hydroxyl groups is 1. The van der Waals surface area contributed by atoms with Gasteiger partial charge in [0.25, 0.3) is 0 Å². The number of amides is 1. The zero-order valence-electron chi connectivity index (χ0n) is 12.8. The summed E-state index contributed by atoms with van der Waals surface area (Å²) in [5.41, 5.74) is 0.723. The molecular weight excluding hydrogens is 311 g/mol. The number of phenols is 1. The number of carbonyl (C=O) groups excluding carboxylic acids is 1. The average molecular weight is 331 g/mol. The summed E-state index contributed by atoms with van der Waals surface area (Å²) in [6.07, 6.45) is -4.40. The summed E-state index contributed by atoms with van der Waals surface area (Å²) in [7, 11) is 0. The number of rotatable bonds is 4. The molecule has 2 N–H and O–H groups in total. The summed E-state index contributed by atoms with van der Waals surface area (Å²) in [6, 6.07) is 6.36. The number of phenolic OH excluding ortho intramolecular Hbond substituents is 1. The predicted octanol–water partition coefficient (Wildman–Crippen LogP) is 1.58. The maximum atomic E-state index is 12.1. The smallest absolute Gasteiger partial charge is 0.405 e. The molecule has 1 heterocycles. The first-order valence-corrected chi connectivity index (χ1v) is 7.39. The molecule has 8 heteroatoms. The van der Waals surface area contributed by atoms with Gasteiger partial charge in [-0.3, -0.25) is 9.69 Å². The van der Waals surface area contributed by atoms with Gasteiger partial charge in [-0.15, -0.1) is 0 Å². The lowest BCUT2D eigenvalue weighted by Gasteiger charge is -2.38. The number of nitrogens with zero attached hydrogens (tertiary/aromatic N) is 2. The first-order valence-electron chi connectivity index (χ1n) is 7.39. The molecule has 2 rings (SSSR count). The number of halogens is 3. The molecule has 0 saturated carbocycles. The summed E-state index contributed by atoms with van der Waals surface area (Å²) in [4.78, 5) is 15.6. The van der Waals surface area contributed by atoms with Crippen molar-refractivity contribution in [3.05, 3.63) is 24.3 Å². The highest BCUT2D eigenvalue weighted by atomic mass is 19.4. The Balaban J connectivity index is 1.86. The first kappa shape index (κ1) is 17.4. The van der Waals surface area contributed by atoms with Gasteiger partial charge in [-0.1, -0.05) is 12.1 Å². The van der Waals surface area contributed by atoms with Crippen LogP contribution in [0, 0.1) is 0 Å². The highest BCUT2D eigenvalue weighted by molar-refractivity contribution is 5.81. The molecule has 1 aliphatic rings. The Morgan fingerprint density at radius 3 is 2.43 bits per heavy atom. The third kappa shape index (κ3) is 4.75. The minimum Gasteiger partial charge on any atom is -0.506 e. The number of benzene rings is 1. The van der Waals surface area contributed by atoms with Crippen molar-refractivity contribution >= 4 is 11.6 Å². The van der Waals surface area contributed by atoms with Gasteiger partial charge in [0.1, 0.15) is 12.3 Å². The second-order valence-corrected chi connectivity index (χ2v) is 5.52. The summed E-state index contributed by atoms with van der Waals surface area (Å²) < 4.78 is 36.4. The van der Waals surface area contributed by atoms with Gasteiger partial charge in [0.2, 0.25) is 5.91 Å². The van der Waals surface area contributed by atoms with E-state index >= 15 is 0 Å².